The van der Waals surface area contributed by atoms with Crippen LogP contribution in [-0.4, -0.2) is 55.1 Å². The molecule has 0 aliphatic heterocycles. The lowest BCUT2D eigenvalue weighted by Crippen LogP contribution is -2.06. The molecule has 2 aromatic rings. The highest BCUT2D eigenvalue weighted by Crippen LogP contribution is 2.24. The van der Waals surface area contributed by atoms with Gasteiger partial charge in [0.15, 0.2) is 0 Å². The molecule has 0 atom stereocenters. The maximum Gasteiger partial charge on any atom is 0.319 e. The molecular weight excluding hydrogens is 315 g/mol. The number of rotatable bonds is 10. The third-order valence-corrected chi connectivity index (χ3v) is 3.31. The van der Waals surface area contributed by atoms with Crippen LogP contribution in [0.25, 0.3) is 0 Å². The molecule has 0 amide bonds. The van der Waals surface area contributed by atoms with E-state index in [9.17, 15) is 14.2 Å². The minimum atomic E-state index is -2.77. The van der Waals surface area contributed by atoms with Crippen molar-refractivity contribution in [3.8, 4) is 0 Å². The van der Waals surface area contributed by atoms with Gasteiger partial charge in [0.05, 0.1) is 13.2 Å². The molecule has 118 valence electrons. The lowest BCUT2D eigenvalue weighted by molar-refractivity contribution is 0.0944. The van der Waals surface area contributed by atoms with E-state index in [4.69, 9.17) is 9.05 Å². The van der Waals surface area contributed by atoms with Crippen LogP contribution in [0.2, 0.25) is 0 Å². The number of carbonyl (C=O) groups excluding carboxylic acids is 2. The third kappa shape index (κ3) is 4.95. The molecule has 0 unspecified atom stereocenters. The second-order valence-electron chi connectivity index (χ2n) is 3.94. The summed E-state index contributed by atoms with van der Waals surface area (Å²) < 4.78 is 21.2. The SMILES string of the molecule is O=C(CCO[PH](=O)OCCC(=O)c1nc[nH]n1)c1nc[nH]n1. The van der Waals surface area contributed by atoms with E-state index in [0.29, 0.717) is 0 Å². The first kappa shape index (κ1) is 16.1. The van der Waals surface area contributed by atoms with Gasteiger partial charge in [-0.25, -0.2) is 9.97 Å². The maximum atomic E-state index is 11.5. The quantitative estimate of drug-likeness (QED) is 0.459. The largest absolute Gasteiger partial charge is 0.319 e. The first-order chi connectivity index (χ1) is 10.7. The Bertz CT molecular complexity index is 574. The van der Waals surface area contributed by atoms with Crippen LogP contribution in [-0.2, 0) is 13.6 Å². The molecule has 0 saturated heterocycles. The molecule has 0 radical (unpaired) electrons. The Morgan fingerprint density at radius 1 is 0.955 bits per heavy atom. The first-order valence-corrected chi connectivity index (χ1v) is 7.47. The van der Waals surface area contributed by atoms with E-state index in [1.807, 2.05) is 0 Å². The van der Waals surface area contributed by atoms with Crippen molar-refractivity contribution in [2.45, 2.75) is 12.8 Å². The number of H-pyrrole nitrogens is 2. The van der Waals surface area contributed by atoms with Crippen molar-refractivity contribution in [3.63, 3.8) is 0 Å². The Morgan fingerprint density at radius 3 is 1.77 bits per heavy atom. The fraction of sp³-hybridized carbons (Fsp3) is 0.400. The van der Waals surface area contributed by atoms with Crippen LogP contribution in [0.1, 0.15) is 34.1 Å². The van der Waals surface area contributed by atoms with Crippen LogP contribution in [0.4, 0.5) is 0 Å². The van der Waals surface area contributed by atoms with Crippen LogP contribution >= 0.6 is 8.25 Å². The van der Waals surface area contributed by atoms with Gasteiger partial charge in [-0.3, -0.25) is 24.4 Å². The first-order valence-electron chi connectivity index (χ1n) is 6.24. The van der Waals surface area contributed by atoms with Gasteiger partial charge in [-0.15, -0.1) is 0 Å². The Labute approximate surface area is 124 Å². The van der Waals surface area contributed by atoms with Crippen molar-refractivity contribution >= 4 is 19.8 Å². The summed E-state index contributed by atoms with van der Waals surface area (Å²) in [6.07, 6.45) is 2.53. The van der Waals surface area contributed by atoms with E-state index >= 15 is 0 Å². The molecule has 0 fully saturated rings. The molecule has 0 bridgehead atoms. The van der Waals surface area contributed by atoms with Gasteiger partial charge in [-0.05, 0) is 0 Å². The number of Topliss-reactive ketones (excluding diaryl/α,β-unsaturated/α-hetero) is 2. The Kier molecular flexibility index (Phi) is 6.07. The summed E-state index contributed by atoms with van der Waals surface area (Å²) in [6, 6.07) is 0. The number of carbonyl (C=O) groups is 2. The minimum Gasteiger partial charge on any atom is -0.310 e. The van der Waals surface area contributed by atoms with Crippen LogP contribution in [0.3, 0.4) is 0 Å². The molecule has 11 nitrogen and oxygen atoms in total. The second-order valence-corrected chi connectivity index (χ2v) is 5.02. The van der Waals surface area contributed by atoms with E-state index in [0.717, 1.165) is 0 Å². The summed E-state index contributed by atoms with van der Waals surface area (Å²) in [5.74, 6) is -0.589. The molecule has 0 spiro atoms. The van der Waals surface area contributed by atoms with Crippen molar-refractivity contribution in [2.24, 2.45) is 0 Å². The lowest BCUT2D eigenvalue weighted by Gasteiger charge is -2.03. The van der Waals surface area contributed by atoms with Gasteiger partial charge in [0, 0.05) is 12.8 Å². The van der Waals surface area contributed by atoms with Gasteiger partial charge >= 0.3 is 8.25 Å². The zero-order valence-corrected chi connectivity index (χ0v) is 12.3. The average Bonchev–Trinajstić information content (AvgIpc) is 3.20. The van der Waals surface area contributed by atoms with Crippen LogP contribution in [0.5, 0.6) is 0 Å². The number of nitrogens with one attached hydrogen (secondary N) is 2. The highest BCUT2D eigenvalue weighted by molar-refractivity contribution is 7.33. The molecule has 0 aliphatic rings. The second kappa shape index (κ2) is 8.27. The minimum absolute atomic E-state index is 0.0201. The zero-order valence-electron chi connectivity index (χ0n) is 11.3. The normalized spacial score (nSPS) is 11.0. The fourth-order valence-corrected chi connectivity index (χ4v) is 2.03. The smallest absolute Gasteiger partial charge is 0.310 e. The van der Waals surface area contributed by atoms with Crippen molar-refractivity contribution < 1.29 is 23.2 Å². The van der Waals surface area contributed by atoms with Crippen molar-refractivity contribution in [2.75, 3.05) is 13.2 Å². The Morgan fingerprint density at radius 2 is 1.41 bits per heavy atom. The summed E-state index contributed by atoms with van der Waals surface area (Å²) in [4.78, 5) is 30.4. The van der Waals surface area contributed by atoms with E-state index in [1.165, 1.54) is 12.7 Å². The molecule has 2 aromatic heterocycles. The average molecular weight is 328 g/mol. The standard InChI is InChI=1S/C10H13N6O5P/c17-7(9-11-5-13-15-9)1-3-20-22(19)21-4-2-8(18)10-12-6-14-16-10/h5-6,22H,1-4H2,(H,11,13,15)(H,12,14,16). The zero-order chi connectivity index (χ0) is 15.8. The topological polar surface area (TPSA) is 153 Å². The Hall–Kier alpha value is -2.23. The number of aromatic nitrogens is 6. The molecule has 2 N–H and O–H groups in total. The van der Waals surface area contributed by atoms with E-state index < -0.39 is 8.25 Å². The van der Waals surface area contributed by atoms with Gasteiger partial charge in [0.1, 0.15) is 12.7 Å². The third-order valence-electron chi connectivity index (χ3n) is 2.43. The van der Waals surface area contributed by atoms with Gasteiger partial charge in [-0.2, -0.15) is 10.2 Å². The number of nitrogens with zero attached hydrogens (tertiary/aromatic N) is 4. The molecule has 2 heterocycles. The molecular formula is C10H13N6O5P. The molecule has 22 heavy (non-hydrogen) atoms. The fourth-order valence-electron chi connectivity index (χ4n) is 1.41. The van der Waals surface area contributed by atoms with Crippen LogP contribution < -0.4 is 0 Å². The molecule has 0 aliphatic carbocycles. The van der Waals surface area contributed by atoms with Crippen molar-refractivity contribution in [1.82, 2.24) is 30.4 Å². The number of hydrogen-bond acceptors (Lipinski definition) is 9. The van der Waals surface area contributed by atoms with Crippen LogP contribution in [0, 0.1) is 0 Å². The van der Waals surface area contributed by atoms with Gasteiger partial charge < -0.3 is 9.05 Å². The Balaban J connectivity index is 1.58. The predicted octanol–water partition coefficient (Wildman–Crippen LogP) is 0.191. The van der Waals surface area contributed by atoms with Gasteiger partial charge in [-0.1, -0.05) is 0 Å². The molecule has 0 aromatic carbocycles. The highest BCUT2D eigenvalue weighted by Gasteiger charge is 2.12. The van der Waals surface area contributed by atoms with E-state index in [-0.39, 0.29) is 49.3 Å². The lowest BCUT2D eigenvalue weighted by atomic mass is 10.3. The summed E-state index contributed by atoms with van der Waals surface area (Å²) in [5.41, 5.74) is 0. The van der Waals surface area contributed by atoms with E-state index in [2.05, 4.69) is 30.4 Å². The summed E-state index contributed by atoms with van der Waals surface area (Å²) in [7, 11) is -2.77. The number of aromatic amines is 2. The van der Waals surface area contributed by atoms with Crippen molar-refractivity contribution in [1.29, 1.82) is 0 Å². The summed E-state index contributed by atoms with van der Waals surface area (Å²) >= 11 is 0. The monoisotopic (exact) mass is 328 g/mol. The highest BCUT2D eigenvalue weighted by atomic mass is 31.1. The van der Waals surface area contributed by atoms with E-state index in [1.54, 1.807) is 0 Å². The molecule has 12 heteroatoms. The molecule has 0 saturated carbocycles. The molecule has 2 rings (SSSR count). The van der Waals surface area contributed by atoms with Crippen molar-refractivity contribution in [3.05, 3.63) is 24.3 Å². The summed E-state index contributed by atoms with van der Waals surface area (Å²) in [6.45, 7) is -0.167. The van der Waals surface area contributed by atoms with Crippen LogP contribution in [0.15, 0.2) is 12.7 Å². The number of hydrogen-bond donors (Lipinski definition) is 2. The maximum absolute atomic E-state index is 11.5. The predicted molar refractivity (Wildman–Crippen MR) is 71.6 cm³/mol. The number of ketones is 2. The van der Waals surface area contributed by atoms with Gasteiger partial charge in [0.25, 0.3) is 0 Å². The van der Waals surface area contributed by atoms with Gasteiger partial charge in [0.2, 0.25) is 23.2 Å². The summed E-state index contributed by atoms with van der Waals surface area (Å²) in [5, 5.41) is 12.1.